The van der Waals surface area contributed by atoms with Gasteiger partial charge in [0.15, 0.2) is 0 Å². The van der Waals surface area contributed by atoms with E-state index in [1.165, 1.54) is 12.5 Å². The van der Waals surface area contributed by atoms with Crippen molar-refractivity contribution < 1.29 is 4.39 Å². The van der Waals surface area contributed by atoms with Gasteiger partial charge in [-0.3, -0.25) is 0 Å². The van der Waals surface area contributed by atoms with Crippen LogP contribution in [0.1, 0.15) is 33.1 Å². The smallest absolute Gasteiger partial charge is 0.214 e. The van der Waals surface area contributed by atoms with Crippen LogP contribution in [0, 0.1) is 5.95 Å². The van der Waals surface area contributed by atoms with Crippen molar-refractivity contribution in [1.82, 2.24) is 9.88 Å². The molecule has 1 aliphatic heterocycles. The molecule has 1 saturated heterocycles. The maximum atomic E-state index is 13.0. The molecule has 1 aliphatic rings. The molecule has 100 valence electrons. The van der Waals surface area contributed by atoms with Gasteiger partial charge in [0.1, 0.15) is 5.82 Å². The Morgan fingerprint density at radius 1 is 1.33 bits per heavy atom. The topological polar surface area (TPSA) is 28.2 Å². The van der Waals surface area contributed by atoms with Gasteiger partial charge in [0.25, 0.3) is 0 Å². The zero-order valence-corrected chi connectivity index (χ0v) is 11.2. The van der Waals surface area contributed by atoms with Crippen LogP contribution in [0.3, 0.4) is 0 Å². The van der Waals surface area contributed by atoms with Crippen LogP contribution in [-0.4, -0.2) is 35.1 Å². The Morgan fingerprint density at radius 2 is 2.17 bits per heavy atom. The van der Waals surface area contributed by atoms with Gasteiger partial charge in [-0.15, -0.1) is 0 Å². The van der Waals surface area contributed by atoms with E-state index < -0.39 is 5.95 Å². The lowest BCUT2D eigenvalue weighted by atomic mass is 10.1. The van der Waals surface area contributed by atoms with Crippen molar-refractivity contribution in [2.24, 2.45) is 0 Å². The van der Waals surface area contributed by atoms with Crippen LogP contribution in [0.25, 0.3) is 0 Å². The summed E-state index contributed by atoms with van der Waals surface area (Å²) in [7, 11) is 0. The van der Waals surface area contributed by atoms with E-state index >= 15 is 0 Å². The average molecular weight is 251 g/mol. The lowest BCUT2D eigenvalue weighted by Gasteiger charge is -2.24. The molecule has 2 heterocycles. The second-order valence-electron chi connectivity index (χ2n) is 5.25. The molecule has 0 spiro atoms. The number of likely N-dealkylation sites (tertiary alicyclic amines) is 1. The molecule has 1 aromatic rings. The summed E-state index contributed by atoms with van der Waals surface area (Å²) in [5.74, 6) is 0.232. The number of halogens is 1. The van der Waals surface area contributed by atoms with Gasteiger partial charge in [-0.1, -0.05) is 6.07 Å². The van der Waals surface area contributed by atoms with Crippen molar-refractivity contribution in [3.8, 4) is 0 Å². The van der Waals surface area contributed by atoms with Crippen molar-refractivity contribution in [3.05, 3.63) is 24.1 Å². The van der Waals surface area contributed by atoms with Gasteiger partial charge in [0.05, 0.1) is 0 Å². The summed E-state index contributed by atoms with van der Waals surface area (Å²) in [4.78, 5) is 6.36. The molecule has 2 rings (SSSR count). The van der Waals surface area contributed by atoms with Gasteiger partial charge < -0.3 is 10.2 Å². The standard InChI is InChI=1S/C14H22FN3/c1-11(2)18-9-4-5-12(8-10-18)16-14-7-3-6-13(15)17-14/h3,6-7,11-12H,4-5,8-10H2,1-2H3,(H,16,17). The van der Waals surface area contributed by atoms with E-state index in [0.29, 0.717) is 17.9 Å². The van der Waals surface area contributed by atoms with Crippen LogP contribution in [0.4, 0.5) is 10.2 Å². The molecule has 1 fully saturated rings. The Hall–Kier alpha value is -1.16. The number of nitrogens with zero attached hydrogens (tertiary/aromatic N) is 2. The van der Waals surface area contributed by atoms with E-state index in [-0.39, 0.29) is 0 Å². The van der Waals surface area contributed by atoms with Crippen LogP contribution < -0.4 is 5.32 Å². The lowest BCUT2D eigenvalue weighted by Crippen LogP contribution is -2.32. The fourth-order valence-electron chi connectivity index (χ4n) is 2.48. The number of anilines is 1. The highest BCUT2D eigenvalue weighted by atomic mass is 19.1. The number of aromatic nitrogens is 1. The quantitative estimate of drug-likeness (QED) is 0.837. The lowest BCUT2D eigenvalue weighted by molar-refractivity contribution is 0.230. The van der Waals surface area contributed by atoms with Gasteiger partial charge in [0.2, 0.25) is 5.95 Å². The van der Waals surface area contributed by atoms with Crippen LogP contribution >= 0.6 is 0 Å². The monoisotopic (exact) mass is 251 g/mol. The summed E-state index contributed by atoms with van der Waals surface area (Å²) in [5.41, 5.74) is 0. The number of rotatable bonds is 3. The van der Waals surface area contributed by atoms with Crippen molar-refractivity contribution in [3.63, 3.8) is 0 Å². The molecule has 0 amide bonds. The maximum absolute atomic E-state index is 13.0. The van der Waals surface area contributed by atoms with E-state index in [1.54, 1.807) is 6.07 Å². The third kappa shape index (κ3) is 3.67. The Balaban J connectivity index is 1.91. The number of nitrogens with one attached hydrogen (secondary N) is 1. The Bertz CT molecular complexity index is 381. The summed E-state index contributed by atoms with van der Waals surface area (Å²) in [6.45, 7) is 6.74. The predicted molar refractivity (Wildman–Crippen MR) is 72.2 cm³/mol. The minimum Gasteiger partial charge on any atom is -0.367 e. The Labute approximate surface area is 108 Å². The first-order valence-electron chi connectivity index (χ1n) is 6.78. The van der Waals surface area contributed by atoms with E-state index in [1.807, 2.05) is 6.07 Å². The van der Waals surface area contributed by atoms with Crippen LogP contribution in [-0.2, 0) is 0 Å². The highest BCUT2D eigenvalue weighted by molar-refractivity contribution is 5.34. The first-order chi connectivity index (χ1) is 8.65. The largest absolute Gasteiger partial charge is 0.367 e. The molecule has 1 unspecified atom stereocenters. The molecule has 1 N–H and O–H groups in total. The van der Waals surface area contributed by atoms with Gasteiger partial charge >= 0.3 is 0 Å². The maximum Gasteiger partial charge on any atom is 0.214 e. The van der Waals surface area contributed by atoms with Gasteiger partial charge in [0, 0.05) is 18.6 Å². The summed E-state index contributed by atoms with van der Waals surface area (Å²) in [6.07, 6.45) is 3.41. The molecule has 1 atom stereocenters. The number of hydrogen-bond acceptors (Lipinski definition) is 3. The van der Waals surface area contributed by atoms with E-state index in [4.69, 9.17) is 0 Å². The second kappa shape index (κ2) is 6.14. The zero-order chi connectivity index (χ0) is 13.0. The molecule has 0 aliphatic carbocycles. The molecule has 18 heavy (non-hydrogen) atoms. The van der Waals surface area contributed by atoms with E-state index in [9.17, 15) is 4.39 Å². The van der Waals surface area contributed by atoms with Gasteiger partial charge in [-0.05, 0) is 51.8 Å². The van der Waals surface area contributed by atoms with Crippen molar-refractivity contribution in [1.29, 1.82) is 0 Å². The summed E-state index contributed by atoms with van der Waals surface area (Å²) in [5, 5.41) is 3.34. The fourth-order valence-corrected chi connectivity index (χ4v) is 2.48. The molecule has 3 nitrogen and oxygen atoms in total. The predicted octanol–water partition coefficient (Wildman–Crippen LogP) is 2.90. The van der Waals surface area contributed by atoms with Gasteiger partial charge in [-0.2, -0.15) is 4.39 Å². The molecule has 0 aromatic carbocycles. The third-order valence-corrected chi connectivity index (χ3v) is 3.56. The van der Waals surface area contributed by atoms with E-state index in [2.05, 4.69) is 29.0 Å². The van der Waals surface area contributed by atoms with Crippen LogP contribution in [0.15, 0.2) is 18.2 Å². The molecule has 4 heteroatoms. The molecule has 0 radical (unpaired) electrons. The van der Waals surface area contributed by atoms with Crippen molar-refractivity contribution >= 4 is 5.82 Å². The molecule has 1 aromatic heterocycles. The van der Waals surface area contributed by atoms with E-state index in [0.717, 1.165) is 25.9 Å². The summed E-state index contributed by atoms with van der Waals surface area (Å²) in [6, 6.07) is 5.91. The Kier molecular flexibility index (Phi) is 4.53. The normalized spacial score (nSPS) is 21.9. The van der Waals surface area contributed by atoms with Crippen LogP contribution in [0.2, 0.25) is 0 Å². The van der Waals surface area contributed by atoms with Crippen molar-refractivity contribution in [2.75, 3.05) is 18.4 Å². The highest BCUT2D eigenvalue weighted by Crippen LogP contribution is 2.17. The first kappa shape index (κ1) is 13.3. The SMILES string of the molecule is CC(C)N1CCCC(Nc2cccc(F)n2)CC1. The van der Waals surface area contributed by atoms with Gasteiger partial charge in [-0.25, -0.2) is 4.98 Å². The minimum absolute atomic E-state index is 0.406. The zero-order valence-electron chi connectivity index (χ0n) is 11.2. The second-order valence-corrected chi connectivity index (χ2v) is 5.25. The number of hydrogen-bond donors (Lipinski definition) is 1. The van der Waals surface area contributed by atoms with Crippen LogP contribution in [0.5, 0.6) is 0 Å². The third-order valence-electron chi connectivity index (χ3n) is 3.56. The highest BCUT2D eigenvalue weighted by Gasteiger charge is 2.18. The molecule has 0 saturated carbocycles. The minimum atomic E-state index is -0.419. The van der Waals surface area contributed by atoms with Crippen molar-refractivity contribution in [2.45, 2.75) is 45.2 Å². The fraction of sp³-hybridized carbons (Fsp3) is 0.643. The summed E-state index contributed by atoms with van der Waals surface area (Å²) < 4.78 is 13.0. The molecular formula is C14H22FN3. The number of pyridine rings is 1. The Morgan fingerprint density at radius 3 is 2.89 bits per heavy atom. The first-order valence-corrected chi connectivity index (χ1v) is 6.78. The summed E-state index contributed by atoms with van der Waals surface area (Å²) >= 11 is 0. The molecular weight excluding hydrogens is 229 g/mol. The average Bonchev–Trinajstić information content (AvgIpc) is 2.55. The molecule has 0 bridgehead atoms.